The van der Waals surface area contributed by atoms with Crippen LogP contribution >= 0.6 is 0 Å². The Balaban J connectivity index is 1.52. The van der Waals surface area contributed by atoms with Gasteiger partial charge in [0.2, 0.25) is 6.17 Å². The highest BCUT2D eigenvalue weighted by atomic mass is 19.4. The van der Waals surface area contributed by atoms with Gasteiger partial charge < -0.3 is 15.5 Å². The minimum absolute atomic E-state index is 0.0657. The molecular weight excluding hydrogens is 469 g/mol. The molecule has 0 aliphatic carbocycles. The number of hydrogen-bond acceptors (Lipinski definition) is 4. The first kappa shape index (κ1) is 23.6. The van der Waals surface area contributed by atoms with E-state index < -0.39 is 29.7 Å². The van der Waals surface area contributed by atoms with E-state index in [4.69, 9.17) is 0 Å². The van der Waals surface area contributed by atoms with Crippen molar-refractivity contribution >= 4 is 28.9 Å². The summed E-state index contributed by atoms with van der Waals surface area (Å²) in [6.07, 6.45) is -4.17. The fraction of sp³-hybridized carbons (Fsp3) is 0.222. The van der Waals surface area contributed by atoms with E-state index in [2.05, 4.69) is 15.6 Å². The maximum absolute atomic E-state index is 13.4. The van der Waals surface area contributed by atoms with Gasteiger partial charge in [-0.3, -0.25) is 9.59 Å². The van der Waals surface area contributed by atoms with Crippen molar-refractivity contribution in [1.29, 1.82) is 0 Å². The molecule has 3 aromatic rings. The average Bonchev–Trinajstić information content (AvgIpc) is 3.37. The zero-order valence-corrected chi connectivity index (χ0v) is 19.2. The van der Waals surface area contributed by atoms with Crippen LogP contribution in [0.2, 0.25) is 0 Å². The molecule has 0 unspecified atom stereocenters. The van der Waals surface area contributed by atoms with E-state index in [1.165, 1.54) is 0 Å². The molecular formula is C27H23F3N4O2. The Morgan fingerprint density at radius 1 is 0.972 bits per heavy atom. The molecule has 2 aliphatic heterocycles. The van der Waals surface area contributed by atoms with Gasteiger partial charge in [0.1, 0.15) is 0 Å². The van der Waals surface area contributed by atoms with E-state index >= 15 is 0 Å². The molecule has 0 saturated carbocycles. The van der Waals surface area contributed by atoms with Crippen LogP contribution in [-0.2, 0) is 11.0 Å². The van der Waals surface area contributed by atoms with E-state index in [0.29, 0.717) is 30.1 Å². The predicted molar refractivity (Wildman–Crippen MR) is 131 cm³/mol. The van der Waals surface area contributed by atoms with E-state index in [0.717, 1.165) is 36.6 Å². The molecule has 1 fully saturated rings. The Morgan fingerprint density at radius 3 is 2.39 bits per heavy atom. The first-order chi connectivity index (χ1) is 17.3. The molecule has 1 saturated heterocycles. The van der Waals surface area contributed by atoms with Gasteiger partial charge in [-0.25, -0.2) is 4.99 Å². The number of amides is 2. The molecule has 2 heterocycles. The first-order valence-corrected chi connectivity index (χ1v) is 11.6. The average molecular weight is 493 g/mol. The molecule has 1 atom stereocenters. The second-order valence-corrected chi connectivity index (χ2v) is 8.68. The number of benzodiazepines with no additional fused rings is 1. The lowest BCUT2D eigenvalue weighted by Gasteiger charge is -2.23. The summed E-state index contributed by atoms with van der Waals surface area (Å²) in [5.74, 6) is -1.22. The number of nitrogens with zero attached hydrogens (tertiary/aromatic N) is 2. The van der Waals surface area contributed by atoms with Gasteiger partial charge in [0, 0.05) is 24.2 Å². The van der Waals surface area contributed by atoms with Crippen LogP contribution in [0, 0.1) is 0 Å². The van der Waals surface area contributed by atoms with Crippen molar-refractivity contribution in [2.75, 3.05) is 23.3 Å². The number of hydrogen-bond donors (Lipinski definition) is 2. The second-order valence-electron chi connectivity index (χ2n) is 8.68. The normalized spacial score (nSPS) is 17.6. The fourth-order valence-corrected chi connectivity index (χ4v) is 4.50. The van der Waals surface area contributed by atoms with Gasteiger partial charge in [0.05, 0.1) is 28.2 Å². The third kappa shape index (κ3) is 4.68. The molecule has 3 aromatic carbocycles. The van der Waals surface area contributed by atoms with Crippen LogP contribution in [0.15, 0.2) is 77.8 Å². The highest BCUT2D eigenvalue weighted by Crippen LogP contribution is 2.35. The molecule has 9 heteroatoms. The zero-order valence-electron chi connectivity index (χ0n) is 19.2. The lowest BCUT2D eigenvalue weighted by atomic mass is 10.0. The summed E-state index contributed by atoms with van der Waals surface area (Å²) in [6.45, 7) is 1.11. The van der Waals surface area contributed by atoms with Gasteiger partial charge in [0.15, 0.2) is 0 Å². The molecule has 6 nitrogen and oxygen atoms in total. The Bertz CT molecular complexity index is 1330. The van der Waals surface area contributed by atoms with Crippen LogP contribution in [0.25, 0.3) is 0 Å². The zero-order chi connectivity index (χ0) is 25.3. The standard InChI is InChI=1S/C27H23F3N4O2/c28-27(29,30)18-12-13-20(22(16-18)34-14-6-7-15-34)25(35)33-24-26(36)31-21-11-5-4-10-19(21)23(32-24)17-8-2-1-3-9-17/h1-5,8-13,16,24H,6-7,14-15H2,(H,31,36)(H,33,35)/t24-/m1/s1. The van der Waals surface area contributed by atoms with Gasteiger partial charge in [-0.15, -0.1) is 0 Å². The third-order valence-electron chi connectivity index (χ3n) is 6.28. The maximum atomic E-state index is 13.4. The molecule has 2 aliphatic rings. The summed E-state index contributed by atoms with van der Waals surface area (Å²) in [7, 11) is 0. The van der Waals surface area contributed by atoms with Crippen molar-refractivity contribution in [2.24, 2.45) is 4.99 Å². The fourth-order valence-electron chi connectivity index (χ4n) is 4.50. The summed E-state index contributed by atoms with van der Waals surface area (Å²) < 4.78 is 40.2. The second kappa shape index (κ2) is 9.49. The van der Waals surface area contributed by atoms with Crippen LogP contribution in [0.5, 0.6) is 0 Å². The van der Waals surface area contributed by atoms with Crippen molar-refractivity contribution in [3.05, 3.63) is 95.1 Å². The lowest BCUT2D eigenvalue weighted by Crippen LogP contribution is -2.42. The van der Waals surface area contributed by atoms with Crippen LogP contribution in [0.1, 0.15) is 39.9 Å². The van der Waals surface area contributed by atoms with Gasteiger partial charge in [-0.1, -0.05) is 48.5 Å². The molecule has 5 rings (SSSR count). The summed E-state index contributed by atoms with van der Waals surface area (Å²) >= 11 is 0. The molecule has 0 radical (unpaired) electrons. The Hall–Kier alpha value is -4.14. The number of alkyl halides is 3. The number of anilines is 2. The van der Waals surface area contributed by atoms with E-state index in [9.17, 15) is 22.8 Å². The van der Waals surface area contributed by atoms with Crippen LogP contribution in [-0.4, -0.2) is 36.8 Å². The molecule has 184 valence electrons. The largest absolute Gasteiger partial charge is 0.416 e. The molecule has 36 heavy (non-hydrogen) atoms. The van der Waals surface area contributed by atoms with Crippen molar-refractivity contribution in [3.8, 4) is 0 Å². The SMILES string of the molecule is O=C(N[C@H]1N=C(c2ccccc2)c2ccccc2NC1=O)c1ccc(C(F)(F)F)cc1N1CCCC1. The number of carbonyl (C=O) groups excluding carboxylic acids is 2. The van der Waals surface area contributed by atoms with Gasteiger partial charge >= 0.3 is 6.18 Å². The van der Waals surface area contributed by atoms with E-state index in [1.807, 2.05) is 42.5 Å². The van der Waals surface area contributed by atoms with Gasteiger partial charge in [0.25, 0.3) is 11.8 Å². The van der Waals surface area contributed by atoms with E-state index in [-0.39, 0.29) is 11.3 Å². The first-order valence-electron chi connectivity index (χ1n) is 11.6. The van der Waals surface area contributed by atoms with Crippen molar-refractivity contribution < 1.29 is 22.8 Å². The number of nitrogens with one attached hydrogen (secondary N) is 2. The summed E-state index contributed by atoms with van der Waals surface area (Å²) in [5.41, 5.74) is 1.96. The van der Waals surface area contributed by atoms with Crippen molar-refractivity contribution in [1.82, 2.24) is 5.32 Å². The Morgan fingerprint density at radius 2 is 1.67 bits per heavy atom. The maximum Gasteiger partial charge on any atom is 0.416 e. The molecule has 2 amide bonds. The summed E-state index contributed by atoms with van der Waals surface area (Å²) in [5, 5.41) is 5.44. The molecule has 0 aromatic heterocycles. The predicted octanol–water partition coefficient (Wildman–Crippen LogP) is 4.85. The smallest absolute Gasteiger partial charge is 0.371 e. The number of halogens is 3. The topological polar surface area (TPSA) is 73.8 Å². The highest BCUT2D eigenvalue weighted by molar-refractivity contribution is 6.20. The number of fused-ring (bicyclic) bond motifs is 1. The number of rotatable bonds is 4. The number of benzene rings is 3. The van der Waals surface area contributed by atoms with Gasteiger partial charge in [-0.05, 0) is 37.1 Å². The molecule has 2 N–H and O–H groups in total. The number of carbonyl (C=O) groups is 2. The minimum Gasteiger partial charge on any atom is -0.371 e. The monoisotopic (exact) mass is 492 g/mol. The van der Waals surface area contributed by atoms with Crippen molar-refractivity contribution in [2.45, 2.75) is 25.2 Å². The van der Waals surface area contributed by atoms with Crippen molar-refractivity contribution in [3.63, 3.8) is 0 Å². The van der Waals surface area contributed by atoms with Crippen LogP contribution in [0.4, 0.5) is 24.5 Å². The molecule has 0 bridgehead atoms. The lowest BCUT2D eigenvalue weighted by molar-refractivity contribution is -0.137. The van der Waals surface area contributed by atoms with Crippen LogP contribution in [0.3, 0.4) is 0 Å². The van der Waals surface area contributed by atoms with E-state index in [1.54, 1.807) is 17.0 Å². The minimum atomic E-state index is -4.54. The third-order valence-corrected chi connectivity index (χ3v) is 6.28. The molecule has 0 spiro atoms. The Kier molecular flexibility index (Phi) is 6.22. The summed E-state index contributed by atoms with van der Waals surface area (Å²) in [4.78, 5) is 32.8. The highest BCUT2D eigenvalue weighted by Gasteiger charge is 2.34. The Labute approximate surface area is 205 Å². The number of para-hydroxylation sites is 1. The quantitative estimate of drug-likeness (QED) is 0.547. The van der Waals surface area contributed by atoms with Crippen LogP contribution < -0.4 is 15.5 Å². The van der Waals surface area contributed by atoms with Gasteiger partial charge in [-0.2, -0.15) is 13.2 Å². The summed E-state index contributed by atoms with van der Waals surface area (Å²) in [6, 6.07) is 19.5. The number of aliphatic imine (C=N–C) groups is 1.